The third kappa shape index (κ3) is 5.17. The number of nitrogens with one attached hydrogen (secondary N) is 1. The molecule has 0 radical (unpaired) electrons. The first-order chi connectivity index (χ1) is 14.5. The van der Waals surface area contributed by atoms with Crippen molar-refractivity contribution in [3.63, 3.8) is 0 Å². The van der Waals surface area contributed by atoms with E-state index in [0.717, 1.165) is 17.7 Å². The summed E-state index contributed by atoms with van der Waals surface area (Å²) in [5, 5.41) is 3.06. The molecule has 3 aromatic carbocycles. The van der Waals surface area contributed by atoms with Gasteiger partial charge in [0.2, 0.25) is 5.91 Å². The zero-order valence-electron chi connectivity index (χ0n) is 16.9. The van der Waals surface area contributed by atoms with Crippen molar-refractivity contribution in [1.29, 1.82) is 0 Å². The highest BCUT2D eigenvalue weighted by atomic mass is 16.5. The molecular formula is C24H24N2O4. The standard InChI is InChI=1S/C24H24N2O4/c1-3-22(16-4-10-19(29-2)11-5-16)26-24(28)18-8-14-21(15-9-18)30-20-12-6-17(7-13-20)23(25)27/h4-15,22H,3H2,1-2H3,(H2,25,27)(H,26,28). The Labute approximate surface area is 175 Å². The molecular weight excluding hydrogens is 380 g/mol. The number of benzene rings is 3. The Kier molecular flexibility index (Phi) is 6.70. The van der Waals surface area contributed by atoms with Gasteiger partial charge in [-0.3, -0.25) is 9.59 Å². The Morgan fingerprint density at radius 1 is 0.833 bits per heavy atom. The molecule has 3 aromatic rings. The molecule has 0 aliphatic carbocycles. The maximum Gasteiger partial charge on any atom is 0.251 e. The van der Waals surface area contributed by atoms with Crippen molar-refractivity contribution in [3.8, 4) is 17.2 Å². The van der Waals surface area contributed by atoms with Crippen LogP contribution >= 0.6 is 0 Å². The van der Waals surface area contributed by atoms with E-state index in [2.05, 4.69) is 5.32 Å². The molecule has 6 heteroatoms. The van der Waals surface area contributed by atoms with E-state index in [1.807, 2.05) is 31.2 Å². The second-order valence-electron chi connectivity index (χ2n) is 6.72. The topological polar surface area (TPSA) is 90.6 Å². The fraction of sp³-hybridized carbons (Fsp3) is 0.167. The molecule has 0 heterocycles. The minimum Gasteiger partial charge on any atom is -0.497 e. The molecule has 0 fully saturated rings. The molecule has 6 nitrogen and oxygen atoms in total. The van der Waals surface area contributed by atoms with E-state index in [1.54, 1.807) is 55.6 Å². The summed E-state index contributed by atoms with van der Waals surface area (Å²) in [4.78, 5) is 23.8. The highest BCUT2D eigenvalue weighted by Crippen LogP contribution is 2.23. The lowest BCUT2D eigenvalue weighted by Crippen LogP contribution is -2.28. The fourth-order valence-electron chi connectivity index (χ4n) is 3.00. The first-order valence-corrected chi connectivity index (χ1v) is 9.62. The van der Waals surface area contributed by atoms with Crippen LogP contribution in [0.4, 0.5) is 0 Å². The zero-order chi connectivity index (χ0) is 21.5. The van der Waals surface area contributed by atoms with Gasteiger partial charge >= 0.3 is 0 Å². The maximum absolute atomic E-state index is 12.7. The number of primary amides is 1. The van der Waals surface area contributed by atoms with E-state index in [-0.39, 0.29) is 11.9 Å². The third-order valence-electron chi connectivity index (χ3n) is 4.72. The number of ether oxygens (including phenoxy) is 2. The molecule has 0 aliphatic heterocycles. The van der Waals surface area contributed by atoms with E-state index >= 15 is 0 Å². The Morgan fingerprint density at radius 3 is 1.80 bits per heavy atom. The quantitative estimate of drug-likeness (QED) is 0.580. The predicted octanol–water partition coefficient (Wildman–Crippen LogP) is 4.47. The summed E-state index contributed by atoms with van der Waals surface area (Å²) in [6.45, 7) is 2.02. The summed E-state index contributed by atoms with van der Waals surface area (Å²) in [6, 6.07) is 21.0. The average Bonchev–Trinajstić information content (AvgIpc) is 2.78. The molecule has 1 unspecified atom stereocenters. The number of carbonyl (C=O) groups excluding carboxylic acids is 2. The van der Waals surface area contributed by atoms with Gasteiger partial charge in [-0.25, -0.2) is 0 Å². The average molecular weight is 404 g/mol. The SMILES string of the molecule is CCC(NC(=O)c1ccc(Oc2ccc(C(N)=O)cc2)cc1)c1ccc(OC)cc1. The number of carbonyl (C=O) groups is 2. The van der Waals surface area contributed by atoms with E-state index in [0.29, 0.717) is 22.6 Å². The van der Waals surface area contributed by atoms with Crippen molar-refractivity contribution < 1.29 is 19.1 Å². The highest BCUT2D eigenvalue weighted by molar-refractivity contribution is 5.94. The van der Waals surface area contributed by atoms with Gasteiger partial charge in [-0.05, 0) is 72.6 Å². The Morgan fingerprint density at radius 2 is 1.33 bits per heavy atom. The summed E-state index contributed by atoms with van der Waals surface area (Å²) in [7, 11) is 1.62. The van der Waals surface area contributed by atoms with Crippen LogP contribution in [0.2, 0.25) is 0 Å². The van der Waals surface area contributed by atoms with E-state index in [1.165, 1.54) is 0 Å². The van der Waals surface area contributed by atoms with Crippen LogP contribution in [0.3, 0.4) is 0 Å². The van der Waals surface area contributed by atoms with Crippen LogP contribution < -0.4 is 20.5 Å². The van der Waals surface area contributed by atoms with Crippen molar-refractivity contribution in [2.24, 2.45) is 5.73 Å². The van der Waals surface area contributed by atoms with Crippen molar-refractivity contribution in [2.45, 2.75) is 19.4 Å². The molecule has 0 bridgehead atoms. The summed E-state index contributed by atoms with van der Waals surface area (Å²) >= 11 is 0. The molecule has 0 saturated carbocycles. The lowest BCUT2D eigenvalue weighted by Gasteiger charge is -2.18. The van der Waals surface area contributed by atoms with Gasteiger partial charge in [0.1, 0.15) is 17.2 Å². The van der Waals surface area contributed by atoms with Gasteiger partial charge in [0.15, 0.2) is 0 Å². The van der Waals surface area contributed by atoms with Crippen LogP contribution in [-0.4, -0.2) is 18.9 Å². The van der Waals surface area contributed by atoms with Gasteiger partial charge in [0.25, 0.3) is 5.91 Å². The Bertz CT molecular complexity index is 997. The monoisotopic (exact) mass is 404 g/mol. The molecule has 1 atom stereocenters. The zero-order valence-corrected chi connectivity index (χ0v) is 16.9. The summed E-state index contributed by atoms with van der Waals surface area (Å²) in [5.74, 6) is 1.29. The summed E-state index contributed by atoms with van der Waals surface area (Å²) < 4.78 is 10.9. The van der Waals surface area contributed by atoms with E-state index < -0.39 is 5.91 Å². The largest absolute Gasteiger partial charge is 0.497 e. The van der Waals surface area contributed by atoms with Gasteiger partial charge in [-0.1, -0.05) is 19.1 Å². The molecule has 0 spiro atoms. The third-order valence-corrected chi connectivity index (χ3v) is 4.72. The molecule has 0 saturated heterocycles. The Hall–Kier alpha value is -3.80. The van der Waals surface area contributed by atoms with Gasteiger partial charge in [0, 0.05) is 11.1 Å². The van der Waals surface area contributed by atoms with Crippen LogP contribution in [0.5, 0.6) is 17.2 Å². The van der Waals surface area contributed by atoms with Crippen LogP contribution in [-0.2, 0) is 0 Å². The molecule has 154 valence electrons. The van der Waals surface area contributed by atoms with Gasteiger partial charge in [-0.2, -0.15) is 0 Å². The lowest BCUT2D eigenvalue weighted by molar-refractivity contribution is 0.0934. The summed E-state index contributed by atoms with van der Waals surface area (Å²) in [5.41, 5.74) is 7.21. The van der Waals surface area contributed by atoms with Gasteiger partial charge in [0.05, 0.1) is 13.2 Å². The van der Waals surface area contributed by atoms with Crippen molar-refractivity contribution >= 4 is 11.8 Å². The molecule has 0 aromatic heterocycles. The Balaban J connectivity index is 1.64. The first kappa shape index (κ1) is 20.9. The van der Waals surface area contributed by atoms with Crippen LogP contribution in [0, 0.1) is 0 Å². The number of hydrogen-bond acceptors (Lipinski definition) is 4. The summed E-state index contributed by atoms with van der Waals surface area (Å²) in [6.07, 6.45) is 0.764. The van der Waals surface area contributed by atoms with E-state index in [9.17, 15) is 9.59 Å². The molecule has 30 heavy (non-hydrogen) atoms. The number of methoxy groups -OCH3 is 1. The highest BCUT2D eigenvalue weighted by Gasteiger charge is 2.14. The van der Waals surface area contributed by atoms with Crippen LogP contribution in [0.1, 0.15) is 45.7 Å². The number of hydrogen-bond donors (Lipinski definition) is 2. The number of nitrogens with two attached hydrogens (primary N) is 1. The predicted molar refractivity (Wildman–Crippen MR) is 115 cm³/mol. The molecule has 3 N–H and O–H groups in total. The van der Waals surface area contributed by atoms with Crippen molar-refractivity contribution in [3.05, 3.63) is 89.5 Å². The van der Waals surface area contributed by atoms with Gasteiger partial charge < -0.3 is 20.5 Å². The fourth-order valence-corrected chi connectivity index (χ4v) is 3.00. The van der Waals surface area contributed by atoms with Crippen molar-refractivity contribution in [1.82, 2.24) is 5.32 Å². The number of rotatable bonds is 8. The van der Waals surface area contributed by atoms with Gasteiger partial charge in [-0.15, -0.1) is 0 Å². The van der Waals surface area contributed by atoms with Crippen molar-refractivity contribution in [2.75, 3.05) is 7.11 Å². The lowest BCUT2D eigenvalue weighted by atomic mass is 10.0. The molecule has 3 rings (SSSR count). The normalized spacial score (nSPS) is 11.4. The molecule has 2 amide bonds. The molecule has 0 aliphatic rings. The second kappa shape index (κ2) is 9.60. The minimum absolute atomic E-state index is 0.0943. The van der Waals surface area contributed by atoms with E-state index in [4.69, 9.17) is 15.2 Å². The maximum atomic E-state index is 12.7. The number of amides is 2. The first-order valence-electron chi connectivity index (χ1n) is 9.62. The minimum atomic E-state index is -0.489. The van der Waals surface area contributed by atoms with Crippen LogP contribution in [0.25, 0.3) is 0 Å². The van der Waals surface area contributed by atoms with Crippen LogP contribution in [0.15, 0.2) is 72.8 Å². The smallest absolute Gasteiger partial charge is 0.251 e. The second-order valence-corrected chi connectivity index (χ2v) is 6.72.